The minimum atomic E-state index is -0.171. The van der Waals surface area contributed by atoms with E-state index in [-0.39, 0.29) is 11.9 Å². The van der Waals surface area contributed by atoms with Gasteiger partial charge in [0.15, 0.2) is 0 Å². The van der Waals surface area contributed by atoms with Crippen molar-refractivity contribution < 1.29 is 4.39 Å². The molecule has 1 N–H and O–H groups in total. The maximum Gasteiger partial charge on any atom is 0.137 e. The third kappa shape index (κ3) is 3.38. The summed E-state index contributed by atoms with van der Waals surface area (Å²) in [6, 6.07) is 5.76. The summed E-state index contributed by atoms with van der Waals surface area (Å²) in [5.74, 6) is 2.01. The van der Waals surface area contributed by atoms with Crippen LogP contribution in [0.3, 0.4) is 0 Å². The van der Waals surface area contributed by atoms with Crippen LogP contribution in [0.2, 0.25) is 0 Å². The molecule has 1 saturated carbocycles. The van der Waals surface area contributed by atoms with Crippen molar-refractivity contribution in [3.05, 3.63) is 34.1 Å². The zero-order chi connectivity index (χ0) is 14.0. The van der Waals surface area contributed by atoms with Gasteiger partial charge in [-0.1, -0.05) is 26.3 Å². The van der Waals surface area contributed by atoms with Crippen molar-refractivity contribution in [2.24, 2.45) is 17.8 Å². The molecule has 0 bridgehead atoms. The first-order chi connectivity index (χ1) is 9.02. The fourth-order valence-corrected chi connectivity index (χ4v) is 3.52. The van der Waals surface area contributed by atoms with Crippen LogP contribution in [0.15, 0.2) is 22.7 Å². The average molecular weight is 328 g/mol. The van der Waals surface area contributed by atoms with Gasteiger partial charge in [-0.05, 0) is 71.3 Å². The second-order valence-electron chi connectivity index (χ2n) is 5.97. The van der Waals surface area contributed by atoms with E-state index in [0.717, 1.165) is 17.4 Å². The van der Waals surface area contributed by atoms with Crippen LogP contribution in [0, 0.1) is 23.6 Å². The fraction of sp³-hybridized carbons (Fsp3) is 0.625. The second kappa shape index (κ2) is 6.36. The number of hydrogen-bond donors (Lipinski definition) is 1. The lowest BCUT2D eigenvalue weighted by atomic mass is 9.72. The zero-order valence-electron chi connectivity index (χ0n) is 11.9. The summed E-state index contributed by atoms with van der Waals surface area (Å²) in [4.78, 5) is 0. The van der Waals surface area contributed by atoms with Gasteiger partial charge < -0.3 is 5.32 Å². The highest BCUT2D eigenvalue weighted by Crippen LogP contribution is 2.40. The second-order valence-corrected chi connectivity index (χ2v) is 6.82. The molecule has 1 aliphatic rings. The molecule has 1 aromatic carbocycles. The number of halogens is 2. The lowest BCUT2D eigenvalue weighted by molar-refractivity contribution is 0.174. The summed E-state index contributed by atoms with van der Waals surface area (Å²) < 4.78 is 14.2. The van der Waals surface area contributed by atoms with Gasteiger partial charge in [0.2, 0.25) is 0 Å². The van der Waals surface area contributed by atoms with Gasteiger partial charge in [0.1, 0.15) is 5.82 Å². The van der Waals surface area contributed by atoms with Gasteiger partial charge in [-0.15, -0.1) is 0 Å². The quantitative estimate of drug-likeness (QED) is 0.830. The Morgan fingerprint density at radius 1 is 1.26 bits per heavy atom. The highest BCUT2D eigenvalue weighted by Gasteiger charge is 2.30. The van der Waals surface area contributed by atoms with Gasteiger partial charge in [0.05, 0.1) is 4.47 Å². The zero-order valence-corrected chi connectivity index (χ0v) is 13.5. The molecule has 0 amide bonds. The molecule has 106 valence electrons. The third-order valence-electron chi connectivity index (χ3n) is 4.72. The highest BCUT2D eigenvalue weighted by molar-refractivity contribution is 9.10. The molecule has 19 heavy (non-hydrogen) atoms. The van der Waals surface area contributed by atoms with Crippen LogP contribution >= 0.6 is 15.9 Å². The Bertz CT molecular complexity index is 435. The molecule has 4 unspecified atom stereocenters. The standard InChI is InChI=1S/C16H23BrFN/c1-10-4-5-12(8-11(10)2)16(19-3)13-6-7-14(17)15(18)9-13/h6-7,9-12,16,19H,4-5,8H2,1-3H3. The van der Waals surface area contributed by atoms with Crippen molar-refractivity contribution in [1.82, 2.24) is 5.32 Å². The molecule has 0 radical (unpaired) electrons. The number of benzene rings is 1. The SMILES string of the molecule is CNC(c1ccc(Br)c(F)c1)C1CCC(C)C(C)C1. The van der Waals surface area contributed by atoms with Gasteiger partial charge in [0, 0.05) is 6.04 Å². The van der Waals surface area contributed by atoms with Crippen molar-refractivity contribution in [2.45, 2.75) is 39.2 Å². The van der Waals surface area contributed by atoms with Crippen LogP contribution in [0.25, 0.3) is 0 Å². The first kappa shape index (κ1) is 15.0. The number of hydrogen-bond acceptors (Lipinski definition) is 1. The van der Waals surface area contributed by atoms with Crippen molar-refractivity contribution in [2.75, 3.05) is 7.05 Å². The van der Waals surface area contributed by atoms with E-state index in [0.29, 0.717) is 10.4 Å². The lowest BCUT2D eigenvalue weighted by Gasteiger charge is -2.37. The molecular weight excluding hydrogens is 305 g/mol. The van der Waals surface area contributed by atoms with E-state index in [1.165, 1.54) is 19.3 Å². The molecule has 1 fully saturated rings. The summed E-state index contributed by atoms with van der Waals surface area (Å²) >= 11 is 3.22. The maximum atomic E-state index is 13.7. The molecule has 1 aliphatic carbocycles. The van der Waals surface area contributed by atoms with E-state index >= 15 is 0 Å². The molecule has 4 atom stereocenters. The van der Waals surface area contributed by atoms with Crippen LogP contribution in [-0.2, 0) is 0 Å². The summed E-state index contributed by atoms with van der Waals surface area (Å²) in [5.41, 5.74) is 1.06. The first-order valence-corrected chi connectivity index (χ1v) is 7.94. The molecule has 0 saturated heterocycles. The summed E-state index contributed by atoms with van der Waals surface area (Å²) in [7, 11) is 1.98. The maximum absolute atomic E-state index is 13.7. The lowest BCUT2D eigenvalue weighted by Crippen LogP contribution is -2.31. The van der Waals surface area contributed by atoms with E-state index in [1.807, 2.05) is 19.2 Å². The van der Waals surface area contributed by atoms with Crippen LogP contribution in [0.4, 0.5) is 4.39 Å². The molecule has 0 aromatic heterocycles. The normalized spacial score (nSPS) is 29.2. The highest BCUT2D eigenvalue weighted by atomic mass is 79.9. The molecular formula is C16H23BrFN. The van der Waals surface area contributed by atoms with Crippen LogP contribution in [0.5, 0.6) is 0 Å². The first-order valence-electron chi connectivity index (χ1n) is 7.15. The van der Waals surface area contributed by atoms with Gasteiger partial charge in [-0.25, -0.2) is 4.39 Å². The van der Waals surface area contributed by atoms with E-state index in [4.69, 9.17) is 0 Å². The third-order valence-corrected chi connectivity index (χ3v) is 5.37. The Balaban J connectivity index is 2.17. The predicted octanol–water partition coefficient (Wildman–Crippen LogP) is 4.92. The van der Waals surface area contributed by atoms with Crippen LogP contribution in [0.1, 0.15) is 44.7 Å². The minimum Gasteiger partial charge on any atom is -0.313 e. The van der Waals surface area contributed by atoms with Crippen molar-refractivity contribution in [1.29, 1.82) is 0 Å². The molecule has 2 rings (SSSR count). The van der Waals surface area contributed by atoms with Gasteiger partial charge >= 0.3 is 0 Å². The minimum absolute atomic E-state index is 0.171. The van der Waals surface area contributed by atoms with Crippen molar-refractivity contribution >= 4 is 15.9 Å². The monoisotopic (exact) mass is 327 g/mol. The van der Waals surface area contributed by atoms with Gasteiger partial charge in [-0.3, -0.25) is 0 Å². The van der Waals surface area contributed by atoms with Gasteiger partial charge in [0.25, 0.3) is 0 Å². The Morgan fingerprint density at radius 3 is 2.58 bits per heavy atom. The Hall–Kier alpha value is -0.410. The molecule has 0 spiro atoms. The van der Waals surface area contributed by atoms with Gasteiger partial charge in [-0.2, -0.15) is 0 Å². The van der Waals surface area contributed by atoms with E-state index in [9.17, 15) is 4.39 Å². The van der Waals surface area contributed by atoms with E-state index in [1.54, 1.807) is 6.07 Å². The molecule has 1 aromatic rings. The number of nitrogens with one attached hydrogen (secondary N) is 1. The predicted molar refractivity (Wildman–Crippen MR) is 81.6 cm³/mol. The smallest absolute Gasteiger partial charge is 0.137 e. The summed E-state index contributed by atoms with van der Waals surface area (Å²) in [5, 5.41) is 3.39. The molecule has 1 nitrogen and oxygen atoms in total. The van der Waals surface area contributed by atoms with E-state index in [2.05, 4.69) is 35.1 Å². The Labute approximate surface area is 124 Å². The molecule has 3 heteroatoms. The molecule has 0 aliphatic heterocycles. The van der Waals surface area contributed by atoms with Crippen LogP contribution in [-0.4, -0.2) is 7.05 Å². The van der Waals surface area contributed by atoms with E-state index < -0.39 is 0 Å². The van der Waals surface area contributed by atoms with Crippen molar-refractivity contribution in [3.63, 3.8) is 0 Å². The average Bonchev–Trinajstić information content (AvgIpc) is 2.39. The summed E-state index contributed by atoms with van der Waals surface area (Å²) in [6.07, 6.45) is 3.74. The van der Waals surface area contributed by atoms with Crippen LogP contribution < -0.4 is 5.32 Å². The number of rotatable bonds is 3. The van der Waals surface area contributed by atoms with Crippen molar-refractivity contribution in [3.8, 4) is 0 Å². The molecule has 0 heterocycles. The Morgan fingerprint density at radius 2 is 2.00 bits per heavy atom. The largest absolute Gasteiger partial charge is 0.313 e. The topological polar surface area (TPSA) is 12.0 Å². The Kier molecular flexibility index (Phi) is 5.02. The fourth-order valence-electron chi connectivity index (χ4n) is 3.27. The summed E-state index contributed by atoms with van der Waals surface area (Å²) in [6.45, 7) is 4.68.